The molecule has 116 valence electrons. The molecule has 1 aliphatic carbocycles. The van der Waals surface area contributed by atoms with Gasteiger partial charge in [0.15, 0.2) is 0 Å². The van der Waals surface area contributed by atoms with Gasteiger partial charge in [0.2, 0.25) is 0 Å². The Balaban J connectivity index is 2.03. The molecule has 1 aromatic rings. The van der Waals surface area contributed by atoms with Crippen LogP contribution < -0.4 is 5.32 Å². The van der Waals surface area contributed by atoms with E-state index in [0.29, 0.717) is 12.5 Å². The van der Waals surface area contributed by atoms with Gasteiger partial charge in [-0.05, 0) is 37.2 Å². The maximum Gasteiger partial charge on any atom is 0.312 e. The van der Waals surface area contributed by atoms with Gasteiger partial charge in [-0.1, -0.05) is 37.3 Å². The minimum atomic E-state index is -0.828. The van der Waals surface area contributed by atoms with E-state index in [4.69, 9.17) is 0 Å². The van der Waals surface area contributed by atoms with E-state index in [1.807, 2.05) is 30.3 Å². The van der Waals surface area contributed by atoms with Crippen LogP contribution in [0.5, 0.6) is 0 Å². The molecule has 21 heavy (non-hydrogen) atoms. The summed E-state index contributed by atoms with van der Waals surface area (Å²) in [6.45, 7) is 2.65. The number of hydrogen-bond acceptors (Lipinski definition) is 3. The Morgan fingerprint density at radius 3 is 2.48 bits per heavy atom. The quantitative estimate of drug-likeness (QED) is 0.752. The molecule has 0 radical (unpaired) electrons. The van der Waals surface area contributed by atoms with Gasteiger partial charge in [0.25, 0.3) is 0 Å². The predicted molar refractivity (Wildman–Crippen MR) is 82.3 cm³/mol. The lowest BCUT2D eigenvalue weighted by atomic mass is 9.77. The lowest BCUT2D eigenvalue weighted by Gasteiger charge is -2.39. The molecule has 1 atom stereocenters. The Morgan fingerprint density at radius 1 is 1.33 bits per heavy atom. The highest BCUT2D eigenvalue weighted by Gasteiger charge is 2.34. The molecule has 0 aromatic heterocycles. The summed E-state index contributed by atoms with van der Waals surface area (Å²) < 4.78 is 0. The first-order valence-electron chi connectivity index (χ1n) is 7.70. The highest BCUT2D eigenvalue weighted by Crippen LogP contribution is 2.32. The van der Waals surface area contributed by atoms with Crippen molar-refractivity contribution < 1.29 is 15.0 Å². The molecule has 2 rings (SSSR count). The minimum absolute atomic E-state index is 0.0703. The summed E-state index contributed by atoms with van der Waals surface area (Å²) in [5.74, 6) is -0.712. The molecule has 0 amide bonds. The molecule has 0 heterocycles. The standard InChI is InChI=1S/C17H25NO3/c1-13-7-9-17(12-19,10-8-13)18-11-15(16(20)21)14-5-3-2-4-6-14/h2-6,13,15,18-19H,7-12H2,1H3,(H,20,21). The van der Waals surface area contributed by atoms with E-state index in [2.05, 4.69) is 12.2 Å². The van der Waals surface area contributed by atoms with Crippen LogP contribution >= 0.6 is 0 Å². The highest BCUT2D eigenvalue weighted by molar-refractivity contribution is 5.76. The van der Waals surface area contributed by atoms with Crippen molar-refractivity contribution >= 4 is 5.97 Å². The van der Waals surface area contributed by atoms with E-state index < -0.39 is 11.9 Å². The summed E-state index contributed by atoms with van der Waals surface area (Å²) in [6, 6.07) is 9.28. The Morgan fingerprint density at radius 2 is 1.95 bits per heavy atom. The van der Waals surface area contributed by atoms with Gasteiger partial charge >= 0.3 is 5.97 Å². The van der Waals surface area contributed by atoms with Crippen LogP contribution in [0.4, 0.5) is 0 Å². The van der Waals surface area contributed by atoms with Crippen LogP contribution in [0.3, 0.4) is 0 Å². The first-order valence-corrected chi connectivity index (χ1v) is 7.70. The van der Waals surface area contributed by atoms with Gasteiger partial charge in [-0.3, -0.25) is 4.79 Å². The average molecular weight is 291 g/mol. The number of carboxylic acids is 1. The Bertz CT molecular complexity index is 452. The summed E-state index contributed by atoms with van der Waals surface area (Å²) in [4.78, 5) is 11.5. The SMILES string of the molecule is CC1CCC(CO)(NCC(C(=O)O)c2ccccc2)CC1. The lowest BCUT2D eigenvalue weighted by molar-refractivity contribution is -0.138. The Kier molecular flexibility index (Phi) is 5.37. The number of nitrogens with one attached hydrogen (secondary N) is 1. The first kappa shape index (κ1) is 16.0. The molecular weight excluding hydrogens is 266 g/mol. The van der Waals surface area contributed by atoms with E-state index in [0.717, 1.165) is 31.2 Å². The largest absolute Gasteiger partial charge is 0.481 e. The van der Waals surface area contributed by atoms with Crippen molar-refractivity contribution in [1.82, 2.24) is 5.32 Å². The number of aliphatic hydroxyl groups is 1. The molecule has 1 saturated carbocycles. The number of hydrogen-bond donors (Lipinski definition) is 3. The van der Waals surface area contributed by atoms with Crippen LogP contribution in [-0.4, -0.2) is 34.9 Å². The second kappa shape index (κ2) is 7.05. The van der Waals surface area contributed by atoms with Crippen LogP contribution in [0, 0.1) is 5.92 Å². The van der Waals surface area contributed by atoms with Crippen molar-refractivity contribution in [3.05, 3.63) is 35.9 Å². The molecular formula is C17H25NO3. The highest BCUT2D eigenvalue weighted by atomic mass is 16.4. The molecule has 0 bridgehead atoms. The van der Waals surface area contributed by atoms with Crippen molar-refractivity contribution in [3.63, 3.8) is 0 Å². The normalized spacial score (nSPS) is 27.2. The van der Waals surface area contributed by atoms with Crippen molar-refractivity contribution in [2.45, 2.75) is 44.1 Å². The summed E-state index contributed by atoms with van der Waals surface area (Å²) in [7, 11) is 0. The molecule has 3 N–H and O–H groups in total. The molecule has 0 aliphatic heterocycles. The third-order valence-electron chi connectivity index (χ3n) is 4.72. The second-order valence-corrected chi connectivity index (χ2v) is 6.30. The van der Waals surface area contributed by atoms with Crippen LogP contribution in [0.1, 0.15) is 44.1 Å². The summed E-state index contributed by atoms with van der Waals surface area (Å²) in [5, 5.41) is 22.5. The molecule has 1 aromatic carbocycles. The average Bonchev–Trinajstić information content (AvgIpc) is 2.50. The van der Waals surface area contributed by atoms with Crippen LogP contribution in [0.15, 0.2) is 30.3 Å². The molecule has 1 fully saturated rings. The van der Waals surface area contributed by atoms with Crippen LogP contribution in [-0.2, 0) is 4.79 Å². The Hall–Kier alpha value is -1.39. The van der Waals surface area contributed by atoms with Gasteiger partial charge in [-0.2, -0.15) is 0 Å². The van der Waals surface area contributed by atoms with Gasteiger partial charge < -0.3 is 15.5 Å². The summed E-state index contributed by atoms with van der Waals surface area (Å²) in [5.41, 5.74) is 0.490. The first-order chi connectivity index (χ1) is 10.1. The molecule has 1 unspecified atom stereocenters. The number of rotatable bonds is 6. The van der Waals surface area contributed by atoms with Gasteiger partial charge in [0.1, 0.15) is 0 Å². The fraction of sp³-hybridized carbons (Fsp3) is 0.588. The second-order valence-electron chi connectivity index (χ2n) is 6.30. The number of carboxylic acid groups (broad SMARTS) is 1. The molecule has 0 saturated heterocycles. The molecule has 4 heteroatoms. The Labute approximate surface area is 126 Å². The number of aliphatic hydroxyl groups excluding tert-OH is 1. The third-order valence-corrected chi connectivity index (χ3v) is 4.72. The van der Waals surface area contributed by atoms with E-state index in [1.54, 1.807) is 0 Å². The molecule has 0 spiro atoms. The number of aliphatic carboxylic acids is 1. The monoisotopic (exact) mass is 291 g/mol. The maximum absolute atomic E-state index is 11.5. The van der Waals surface area contributed by atoms with E-state index >= 15 is 0 Å². The molecule has 4 nitrogen and oxygen atoms in total. The third kappa shape index (κ3) is 4.05. The summed E-state index contributed by atoms with van der Waals surface area (Å²) in [6.07, 6.45) is 3.98. The van der Waals surface area contributed by atoms with Crippen molar-refractivity contribution in [3.8, 4) is 0 Å². The van der Waals surface area contributed by atoms with Gasteiger partial charge in [0, 0.05) is 12.1 Å². The zero-order chi connectivity index (χ0) is 15.3. The van der Waals surface area contributed by atoms with Crippen LogP contribution in [0.25, 0.3) is 0 Å². The van der Waals surface area contributed by atoms with E-state index in [9.17, 15) is 15.0 Å². The van der Waals surface area contributed by atoms with Crippen molar-refractivity contribution in [2.75, 3.05) is 13.2 Å². The van der Waals surface area contributed by atoms with E-state index in [1.165, 1.54) is 0 Å². The maximum atomic E-state index is 11.5. The van der Waals surface area contributed by atoms with Crippen molar-refractivity contribution in [1.29, 1.82) is 0 Å². The minimum Gasteiger partial charge on any atom is -0.481 e. The fourth-order valence-electron chi connectivity index (χ4n) is 3.06. The topological polar surface area (TPSA) is 69.6 Å². The number of benzene rings is 1. The molecule has 1 aliphatic rings. The number of carbonyl (C=O) groups is 1. The van der Waals surface area contributed by atoms with Gasteiger partial charge in [-0.25, -0.2) is 0 Å². The van der Waals surface area contributed by atoms with Crippen molar-refractivity contribution in [2.24, 2.45) is 5.92 Å². The zero-order valence-corrected chi connectivity index (χ0v) is 12.6. The van der Waals surface area contributed by atoms with E-state index in [-0.39, 0.29) is 12.1 Å². The fourth-order valence-corrected chi connectivity index (χ4v) is 3.06. The zero-order valence-electron chi connectivity index (χ0n) is 12.6. The van der Waals surface area contributed by atoms with Gasteiger partial charge in [0.05, 0.1) is 12.5 Å². The predicted octanol–water partition coefficient (Wildman–Crippen LogP) is 2.39. The van der Waals surface area contributed by atoms with Crippen LogP contribution in [0.2, 0.25) is 0 Å². The van der Waals surface area contributed by atoms with Gasteiger partial charge in [-0.15, -0.1) is 0 Å². The smallest absolute Gasteiger partial charge is 0.312 e. The lowest BCUT2D eigenvalue weighted by Crippen LogP contribution is -2.52. The summed E-state index contributed by atoms with van der Waals surface area (Å²) >= 11 is 0.